The molecule has 114 valence electrons. The van der Waals surface area contributed by atoms with Gasteiger partial charge in [-0.1, -0.05) is 36.4 Å². The lowest BCUT2D eigenvalue weighted by atomic mass is 10.1. The first-order valence-electron chi connectivity index (χ1n) is 7.32. The first-order valence-corrected chi connectivity index (χ1v) is 7.32. The number of hydrogen-bond acceptors (Lipinski definition) is 4. The lowest BCUT2D eigenvalue weighted by molar-refractivity contribution is -0.117. The molecule has 1 amide bonds. The summed E-state index contributed by atoms with van der Waals surface area (Å²) in [7, 11) is 0. The average Bonchev–Trinajstić information content (AvgIpc) is 2.54. The Kier molecular flexibility index (Phi) is 5.83. The Balaban J connectivity index is 2.15. The third-order valence-electron chi connectivity index (χ3n) is 3.49. The molecule has 2 aromatic rings. The van der Waals surface area contributed by atoms with Crippen LogP contribution in [0.3, 0.4) is 0 Å². The van der Waals surface area contributed by atoms with E-state index in [2.05, 4.69) is 10.3 Å². The normalized spacial score (nSPS) is 11.7. The minimum atomic E-state index is -0.719. The number of amides is 1. The number of carbonyl (C=O) groups excluding carboxylic acids is 2. The number of benzene rings is 2. The number of carbonyl (C=O) groups is 1. The van der Waals surface area contributed by atoms with Crippen molar-refractivity contribution in [3.05, 3.63) is 42.5 Å². The molecule has 0 saturated carbocycles. The molecule has 22 heavy (non-hydrogen) atoms. The molecule has 0 aliphatic carbocycles. The monoisotopic (exact) mass is 297 g/mol. The van der Waals surface area contributed by atoms with Crippen molar-refractivity contribution in [2.24, 2.45) is 10.7 Å². The van der Waals surface area contributed by atoms with Crippen molar-refractivity contribution in [3.8, 4) is 0 Å². The van der Waals surface area contributed by atoms with Crippen molar-refractivity contribution in [3.63, 3.8) is 0 Å². The van der Waals surface area contributed by atoms with Gasteiger partial charge in [0.05, 0.1) is 0 Å². The van der Waals surface area contributed by atoms with Gasteiger partial charge in [0.2, 0.25) is 12.0 Å². The summed E-state index contributed by atoms with van der Waals surface area (Å²) in [5.74, 6) is -0.295. The highest BCUT2D eigenvalue weighted by Crippen LogP contribution is 2.23. The fraction of sp³-hybridized carbons (Fsp3) is 0.294. The van der Waals surface area contributed by atoms with Gasteiger partial charge in [0, 0.05) is 11.1 Å². The Morgan fingerprint density at radius 3 is 2.73 bits per heavy atom. The molecule has 1 atom stereocenters. The topological polar surface area (TPSA) is 84.5 Å². The van der Waals surface area contributed by atoms with Crippen LogP contribution in [0.15, 0.2) is 47.5 Å². The molecule has 2 rings (SSSR count). The van der Waals surface area contributed by atoms with Crippen LogP contribution < -0.4 is 11.1 Å². The number of anilines is 1. The fourth-order valence-electron chi connectivity index (χ4n) is 2.35. The Morgan fingerprint density at radius 2 is 1.95 bits per heavy atom. The third-order valence-corrected chi connectivity index (χ3v) is 3.49. The molecule has 5 heteroatoms. The van der Waals surface area contributed by atoms with E-state index in [1.807, 2.05) is 42.5 Å². The SMILES string of the molecule is NCCCC[C@H](N=C=O)C(=O)Nc1cccc2ccccc12. The van der Waals surface area contributed by atoms with Gasteiger partial charge in [-0.15, -0.1) is 0 Å². The van der Waals surface area contributed by atoms with Crippen molar-refractivity contribution in [2.45, 2.75) is 25.3 Å². The largest absolute Gasteiger partial charge is 0.330 e. The summed E-state index contributed by atoms with van der Waals surface area (Å²) >= 11 is 0. The zero-order valence-electron chi connectivity index (χ0n) is 12.3. The Bertz CT molecular complexity index is 688. The van der Waals surface area contributed by atoms with Crippen molar-refractivity contribution < 1.29 is 9.59 Å². The molecule has 0 aliphatic rings. The second-order valence-electron chi connectivity index (χ2n) is 5.04. The molecule has 0 aromatic heterocycles. The second-order valence-corrected chi connectivity index (χ2v) is 5.04. The molecule has 0 aliphatic heterocycles. The van der Waals surface area contributed by atoms with Crippen LogP contribution in [0.4, 0.5) is 5.69 Å². The van der Waals surface area contributed by atoms with Gasteiger partial charge in [0.1, 0.15) is 6.04 Å². The third kappa shape index (κ3) is 4.01. The number of unbranched alkanes of at least 4 members (excludes halogenated alkanes) is 1. The summed E-state index contributed by atoms with van der Waals surface area (Å²) < 4.78 is 0. The van der Waals surface area contributed by atoms with E-state index < -0.39 is 6.04 Å². The predicted molar refractivity (Wildman–Crippen MR) is 87.4 cm³/mol. The predicted octanol–water partition coefficient (Wildman–Crippen LogP) is 2.61. The highest BCUT2D eigenvalue weighted by molar-refractivity contribution is 6.03. The molecule has 0 bridgehead atoms. The van der Waals surface area contributed by atoms with Gasteiger partial charge in [0.25, 0.3) is 0 Å². The lowest BCUT2D eigenvalue weighted by Crippen LogP contribution is -2.26. The van der Waals surface area contributed by atoms with Gasteiger partial charge in [-0.25, -0.2) is 4.79 Å². The maximum absolute atomic E-state index is 12.3. The van der Waals surface area contributed by atoms with E-state index in [1.54, 1.807) is 0 Å². The maximum atomic E-state index is 12.3. The molecular formula is C17H19N3O2. The number of hydrogen-bond donors (Lipinski definition) is 2. The molecule has 0 saturated heterocycles. The second kappa shape index (κ2) is 8.08. The number of aliphatic imine (C=N–C) groups is 1. The Morgan fingerprint density at radius 1 is 1.18 bits per heavy atom. The molecule has 0 fully saturated rings. The van der Waals surface area contributed by atoms with Crippen molar-refractivity contribution in [1.29, 1.82) is 0 Å². The minimum absolute atomic E-state index is 0.295. The van der Waals surface area contributed by atoms with Crippen LogP contribution in [0, 0.1) is 0 Å². The van der Waals surface area contributed by atoms with Crippen LogP contribution in [-0.2, 0) is 9.59 Å². The van der Waals surface area contributed by atoms with Gasteiger partial charge >= 0.3 is 0 Å². The van der Waals surface area contributed by atoms with Crippen LogP contribution >= 0.6 is 0 Å². The van der Waals surface area contributed by atoms with Crippen molar-refractivity contribution in [2.75, 3.05) is 11.9 Å². The van der Waals surface area contributed by atoms with Gasteiger partial charge < -0.3 is 11.1 Å². The molecule has 2 aromatic carbocycles. The highest BCUT2D eigenvalue weighted by Gasteiger charge is 2.18. The smallest absolute Gasteiger partial charge is 0.250 e. The Labute approximate surface area is 129 Å². The number of nitrogens with two attached hydrogens (primary N) is 1. The van der Waals surface area contributed by atoms with E-state index >= 15 is 0 Å². The summed E-state index contributed by atoms with van der Waals surface area (Å²) in [6.07, 6.45) is 3.51. The molecule has 3 N–H and O–H groups in total. The zero-order valence-corrected chi connectivity index (χ0v) is 12.3. The molecule has 0 unspecified atom stereocenters. The highest BCUT2D eigenvalue weighted by atomic mass is 16.2. The van der Waals surface area contributed by atoms with Gasteiger partial charge in [0.15, 0.2) is 0 Å². The number of fused-ring (bicyclic) bond motifs is 1. The summed E-state index contributed by atoms with van der Waals surface area (Å²) in [5.41, 5.74) is 6.16. The summed E-state index contributed by atoms with van der Waals surface area (Å²) in [6, 6.07) is 12.8. The number of rotatable bonds is 7. The van der Waals surface area contributed by atoms with Crippen LogP contribution in [0.2, 0.25) is 0 Å². The number of nitrogens with zero attached hydrogens (tertiary/aromatic N) is 1. The van der Waals surface area contributed by atoms with Gasteiger partial charge in [-0.05, 0) is 37.3 Å². The number of nitrogens with one attached hydrogen (secondary N) is 1. The lowest BCUT2D eigenvalue weighted by Gasteiger charge is -2.13. The fourth-order valence-corrected chi connectivity index (χ4v) is 2.35. The molecule has 0 spiro atoms. The molecular weight excluding hydrogens is 278 g/mol. The van der Waals surface area contributed by atoms with Crippen molar-refractivity contribution >= 4 is 28.4 Å². The Hall–Kier alpha value is -2.49. The maximum Gasteiger partial charge on any atom is 0.250 e. The van der Waals surface area contributed by atoms with E-state index in [1.165, 1.54) is 6.08 Å². The van der Waals surface area contributed by atoms with Crippen LogP contribution in [0.25, 0.3) is 10.8 Å². The first kappa shape index (κ1) is 15.9. The summed E-state index contributed by atoms with van der Waals surface area (Å²) in [4.78, 5) is 26.5. The minimum Gasteiger partial charge on any atom is -0.330 e. The van der Waals surface area contributed by atoms with Gasteiger partial charge in [-0.3, -0.25) is 4.79 Å². The van der Waals surface area contributed by atoms with Crippen LogP contribution in [-0.4, -0.2) is 24.6 Å². The van der Waals surface area contributed by atoms with E-state index in [4.69, 9.17) is 5.73 Å². The number of isocyanates is 1. The average molecular weight is 297 g/mol. The van der Waals surface area contributed by atoms with Crippen LogP contribution in [0.5, 0.6) is 0 Å². The summed E-state index contributed by atoms with van der Waals surface area (Å²) in [6.45, 7) is 0.558. The molecule has 5 nitrogen and oxygen atoms in total. The van der Waals surface area contributed by atoms with Crippen molar-refractivity contribution in [1.82, 2.24) is 0 Å². The summed E-state index contributed by atoms with van der Waals surface area (Å²) in [5, 5.41) is 4.85. The molecule has 0 radical (unpaired) electrons. The van der Waals surface area contributed by atoms with E-state index in [-0.39, 0.29) is 5.91 Å². The standard InChI is InChI=1S/C17H19N3O2/c18-11-4-3-9-16(19-12-21)17(22)20-15-10-5-7-13-6-1-2-8-14(13)15/h1-2,5-8,10,16H,3-4,9,11,18H2,(H,20,22)/t16-/m0/s1. The van der Waals surface area contributed by atoms with E-state index in [0.29, 0.717) is 18.7 Å². The molecule has 0 heterocycles. The zero-order chi connectivity index (χ0) is 15.8. The van der Waals surface area contributed by atoms with E-state index in [9.17, 15) is 9.59 Å². The van der Waals surface area contributed by atoms with Crippen LogP contribution in [0.1, 0.15) is 19.3 Å². The van der Waals surface area contributed by atoms with Gasteiger partial charge in [-0.2, -0.15) is 4.99 Å². The quantitative estimate of drug-likeness (QED) is 0.468. The first-order chi connectivity index (χ1) is 10.8. The van der Waals surface area contributed by atoms with E-state index in [0.717, 1.165) is 23.6 Å².